The van der Waals surface area contributed by atoms with Crippen LogP contribution >= 0.6 is 12.4 Å². The Morgan fingerprint density at radius 3 is 2.56 bits per heavy atom. The Balaban J connectivity index is 0.00000162. The van der Waals surface area contributed by atoms with E-state index in [0.29, 0.717) is 12.7 Å². The molecule has 1 aliphatic rings. The fourth-order valence-electron chi connectivity index (χ4n) is 2.35. The minimum Gasteiger partial charge on any atom is -0.384 e. The van der Waals surface area contributed by atoms with Gasteiger partial charge in [-0.1, -0.05) is 43.5 Å². The Bertz CT molecular complexity index is 389. The lowest BCUT2D eigenvalue weighted by Gasteiger charge is -2.22. The molecule has 1 aromatic carbocycles. The Hall–Kier alpha value is -1.06. The molecule has 0 aromatic heterocycles. The molecular weight excluding hydrogens is 248 g/mol. The van der Waals surface area contributed by atoms with Gasteiger partial charge in [-0.2, -0.15) is 0 Å². The van der Waals surface area contributed by atoms with Crippen molar-refractivity contribution in [1.29, 1.82) is 5.41 Å². The molecule has 1 fully saturated rings. The van der Waals surface area contributed by atoms with Crippen LogP contribution in [0.1, 0.15) is 43.2 Å². The molecule has 3 N–H and O–H groups in total. The van der Waals surface area contributed by atoms with Crippen LogP contribution in [0.25, 0.3) is 0 Å². The van der Waals surface area contributed by atoms with E-state index in [1.165, 1.54) is 32.1 Å². The summed E-state index contributed by atoms with van der Waals surface area (Å²) in [5.41, 5.74) is 7.36. The van der Waals surface area contributed by atoms with E-state index in [9.17, 15) is 0 Å². The second-order valence-electron chi connectivity index (χ2n) is 4.64. The molecule has 1 aliphatic carbocycles. The van der Waals surface area contributed by atoms with Crippen LogP contribution in [0.5, 0.6) is 0 Å². The van der Waals surface area contributed by atoms with Gasteiger partial charge < -0.3 is 10.5 Å². The first-order chi connectivity index (χ1) is 8.27. The molecule has 4 heteroatoms. The quantitative estimate of drug-likeness (QED) is 0.651. The average Bonchev–Trinajstić information content (AvgIpc) is 2.38. The van der Waals surface area contributed by atoms with Crippen molar-refractivity contribution in [2.24, 2.45) is 5.73 Å². The third-order valence-electron chi connectivity index (χ3n) is 3.33. The molecule has 0 aliphatic heterocycles. The molecule has 0 heterocycles. The second kappa shape index (κ2) is 7.39. The third kappa shape index (κ3) is 4.00. The van der Waals surface area contributed by atoms with Gasteiger partial charge in [0, 0.05) is 5.56 Å². The first kappa shape index (κ1) is 15.0. The van der Waals surface area contributed by atoms with Gasteiger partial charge >= 0.3 is 0 Å². The zero-order valence-electron chi connectivity index (χ0n) is 10.5. The van der Waals surface area contributed by atoms with Crippen molar-refractivity contribution in [3.8, 4) is 0 Å². The predicted molar refractivity (Wildman–Crippen MR) is 76.4 cm³/mol. The molecule has 2 rings (SSSR count). The van der Waals surface area contributed by atoms with Gasteiger partial charge in [0.05, 0.1) is 12.7 Å². The number of halogens is 1. The average molecular weight is 269 g/mol. The summed E-state index contributed by atoms with van der Waals surface area (Å²) in [6.45, 7) is 0.570. The van der Waals surface area contributed by atoms with E-state index in [1.54, 1.807) is 0 Å². The summed E-state index contributed by atoms with van der Waals surface area (Å²) in [5, 5.41) is 7.52. The van der Waals surface area contributed by atoms with E-state index < -0.39 is 0 Å². The molecule has 0 saturated heterocycles. The maximum absolute atomic E-state index is 7.52. The van der Waals surface area contributed by atoms with Crippen LogP contribution in [0.2, 0.25) is 0 Å². The Kier molecular flexibility index (Phi) is 6.16. The number of nitrogens with one attached hydrogen (secondary N) is 1. The SMILES string of the molecule is Cl.N=C(N)c1ccccc1COC1CCCCC1. The van der Waals surface area contributed by atoms with Gasteiger partial charge in [0.15, 0.2) is 0 Å². The van der Waals surface area contributed by atoms with Crippen molar-refractivity contribution in [3.63, 3.8) is 0 Å². The molecule has 0 bridgehead atoms. The Morgan fingerprint density at radius 2 is 1.89 bits per heavy atom. The molecule has 100 valence electrons. The standard InChI is InChI=1S/C14H20N2O.ClH/c15-14(16)13-9-5-4-6-11(13)10-17-12-7-2-1-3-8-12;/h4-6,9,12H,1-3,7-8,10H2,(H3,15,16);1H. The van der Waals surface area contributed by atoms with Crippen LogP contribution in [-0.4, -0.2) is 11.9 Å². The summed E-state index contributed by atoms with van der Waals surface area (Å²) in [6.07, 6.45) is 6.62. The van der Waals surface area contributed by atoms with Crippen LogP contribution in [-0.2, 0) is 11.3 Å². The molecule has 0 atom stereocenters. The van der Waals surface area contributed by atoms with Crippen molar-refractivity contribution in [2.45, 2.75) is 44.8 Å². The maximum Gasteiger partial charge on any atom is 0.123 e. The molecule has 1 aromatic rings. The topological polar surface area (TPSA) is 59.1 Å². The third-order valence-corrected chi connectivity index (χ3v) is 3.33. The molecule has 0 amide bonds. The highest BCUT2D eigenvalue weighted by Crippen LogP contribution is 2.22. The molecule has 1 saturated carbocycles. The number of nitrogen functional groups attached to an aromatic ring is 1. The smallest absolute Gasteiger partial charge is 0.123 e. The summed E-state index contributed by atoms with van der Waals surface area (Å²) >= 11 is 0. The summed E-state index contributed by atoms with van der Waals surface area (Å²) < 4.78 is 5.91. The van der Waals surface area contributed by atoms with E-state index in [2.05, 4.69) is 0 Å². The van der Waals surface area contributed by atoms with E-state index in [-0.39, 0.29) is 18.2 Å². The van der Waals surface area contributed by atoms with Crippen molar-refractivity contribution in [1.82, 2.24) is 0 Å². The summed E-state index contributed by atoms with van der Waals surface area (Å²) in [5.74, 6) is 0.118. The van der Waals surface area contributed by atoms with E-state index in [4.69, 9.17) is 15.9 Å². The lowest BCUT2D eigenvalue weighted by atomic mass is 9.98. The van der Waals surface area contributed by atoms with Crippen LogP contribution in [0.15, 0.2) is 24.3 Å². The second-order valence-corrected chi connectivity index (χ2v) is 4.64. The van der Waals surface area contributed by atoms with Crippen LogP contribution in [0, 0.1) is 5.41 Å². The zero-order valence-corrected chi connectivity index (χ0v) is 11.3. The lowest BCUT2D eigenvalue weighted by molar-refractivity contribution is 0.0168. The highest BCUT2D eigenvalue weighted by atomic mass is 35.5. The summed E-state index contributed by atoms with van der Waals surface area (Å²) in [4.78, 5) is 0. The molecule has 0 spiro atoms. The summed E-state index contributed by atoms with van der Waals surface area (Å²) in [7, 11) is 0. The lowest BCUT2D eigenvalue weighted by Crippen LogP contribution is -2.18. The van der Waals surface area contributed by atoms with Crippen molar-refractivity contribution in [2.75, 3.05) is 0 Å². The first-order valence-electron chi connectivity index (χ1n) is 6.31. The number of hydrogen-bond donors (Lipinski definition) is 2. The van der Waals surface area contributed by atoms with E-state index in [1.807, 2.05) is 24.3 Å². The minimum absolute atomic E-state index is 0. The van der Waals surface area contributed by atoms with E-state index >= 15 is 0 Å². The van der Waals surface area contributed by atoms with Crippen LogP contribution < -0.4 is 5.73 Å². The Morgan fingerprint density at radius 1 is 1.22 bits per heavy atom. The van der Waals surface area contributed by atoms with Crippen LogP contribution in [0.3, 0.4) is 0 Å². The number of nitrogens with two attached hydrogens (primary N) is 1. The highest BCUT2D eigenvalue weighted by Gasteiger charge is 2.14. The van der Waals surface area contributed by atoms with Gasteiger partial charge in [-0.25, -0.2) is 0 Å². The number of amidine groups is 1. The van der Waals surface area contributed by atoms with Crippen LogP contribution in [0.4, 0.5) is 0 Å². The monoisotopic (exact) mass is 268 g/mol. The van der Waals surface area contributed by atoms with Gasteiger partial charge in [-0.3, -0.25) is 5.41 Å². The highest BCUT2D eigenvalue weighted by molar-refractivity contribution is 5.96. The fourth-order valence-corrected chi connectivity index (χ4v) is 2.35. The minimum atomic E-state index is 0. The van der Waals surface area contributed by atoms with Crippen molar-refractivity contribution >= 4 is 18.2 Å². The van der Waals surface area contributed by atoms with Gasteiger partial charge in [0.25, 0.3) is 0 Å². The van der Waals surface area contributed by atoms with Gasteiger partial charge in [0.1, 0.15) is 5.84 Å². The molecule has 0 radical (unpaired) electrons. The molecule has 3 nitrogen and oxygen atoms in total. The maximum atomic E-state index is 7.52. The van der Waals surface area contributed by atoms with Crippen molar-refractivity contribution in [3.05, 3.63) is 35.4 Å². The van der Waals surface area contributed by atoms with Crippen molar-refractivity contribution < 1.29 is 4.74 Å². The normalized spacial score (nSPS) is 16.0. The predicted octanol–water partition coefficient (Wildman–Crippen LogP) is 3.24. The molecule has 0 unspecified atom stereocenters. The van der Waals surface area contributed by atoms with E-state index in [0.717, 1.165) is 11.1 Å². The summed E-state index contributed by atoms with van der Waals surface area (Å²) in [6, 6.07) is 7.73. The number of benzene rings is 1. The number of rotatable bonds is 4. The molecular formula is C14H21ClN2O. The van der Waals surface area contributed by atoms with Gasteiger partial charge in [0.2, 0.25) is 0 Å². The van der Waals surface area contributed by atoms with Gasteiger partial charge in [-0.15, -0.1) is 12.4 Å². The zero-order chi connectivity index (χ0) is 12.1. The number of ether oxygens (including phenoxy) is 1. The number of hydrogen-bond acceptors (Lipinski definition) is 2. The van der Waals surface area contributed by atoms with Gasteiger partial charge in [-0.05, 0) is 18.4 Å². The first-order valence-corrected chi connectivity index (χ1v) is 6.31. The largest absolute Gasteiger partial charge is 0.384 e. The molecule has 18 heavy (non-hydrogen) atoms. The fraction of sp³-hybridized carbons (Fsp3) is 0.500. The Labute approximate surface area is 115 Å².